The first-order valence-electron chi connectivity index (χ1n) is 7.96. The molecule has 0 unspecified atom stereocenters. The number of benzene rings is 2. The Kier molecular flexibility index (Phi) is 6.86. The van der Waals surface area contributed by atoms with Crippen LogP contribution < -0.4 is 14.8 Å². The van der Waals surface area contributed by atoms with Gasteiger partial charge in [0.25, 0.3) is 0 Å². The lowest BCUT2D eigenvalue weighted by Crippen LogP contribution is -2.15. The van der Waals surface area contributed by atoms with Crippen molar-refractivity contribution in [2.45, 2.75) is 13.3 Å². The molecule has 1 amide bonds. The summed E-state index contributed by atoms with van der Waals surface area (Å²) in [4.78, 5) is 24.2. The number of rotatable bonds is 7. The van der Waals surface area contributed by atoms with Crippen LogP contribution in [-0.4, -0.2) is 32.7 Å². The van der Waals surface area contributed by atoms with Gasteiger partial charge in [0.05, 0.1) is 37.8 Å². The van der Waals surface area contributed by atoms with Crippen LogP contribution in [0.5, 0.6) is 11.5 Å². The van der Waals surface area contributed by atoms with Crippen LogP contribution in [-0.2, 0) is 16.0 Å². The van der Waals surface area contributed by atoms with Gasteiger partial charge in [-0.2, -0.15) is 0 Å². The van der Waals surface area contributed by atoms with Crippen LogP contribution in [0.3, 0.4) is 0 Å². The van der Waals surface area contributed by atoms with E-state index in [4.69, 9.17) is 25.8 Å². The number of anilines is 1. The number of methoxy groups -OCH3 is 2. The maximum Gasteiger partial charge on any atom is 0.339 e. The fraction of sp³-hybridized carbons (Fsp3) is 0.263. The summed E-state index contributed by atoms with van der Waals surface area (Å²) in [5.74, 6) is 0.366. The van der Waals surface area contributed by atoms with Crippen LogP contribution in [0.2, 0.25) is 5.02 Å². The Morgan fingerprint density at radius 1 is 1.04 bits per heavy atom. The molecular weight excluding hydrogens is 358 g/mol. The molecule has 0 saturated carbocycles. The zero-order valence-electron chi connectivity index (χ0n) is 14.8. The molecule has 0 aliphatic carbocycles. The molecule has 6 nitrogen and oxygen atoms in total. The van der Waals surface area contributed by atoms with Gasteiger partial charge < -0.3 is 19.5 Å². The van der Waals surface area contributed by atoms with E-state index >= 15 is 0 Å². The third-order valence-corrected chi connectivity index (χ3v) is 3.89. The Labute approximate surface area is 157 Å². The van der Waals surface area contributed by atoms with Gasteiger partial charge in [0.1, 0.15) is 0 Å². The highest BCUT2D eigenvalue weighted by Crippen LogP contribution is 2.28. The van der Waals surface area contributed by atoms with Crippen LogP contribution in [0, 0.1) is 0 Å². The number of carbonyl (C=O) groups is 2. The van der Waals surface area contributed by atoms with E-state index in [1.807, 2.05) is 0 Å². The lowest BCUT2D eigenvalue weighted by Gasteiger charge is -2.11. The van der Waals surface area contributed by atoms with E-state index in [-0.39, 0.29) is 29.5 Å². The average Bonchev–Trinajstić information content (AvgIpc) is 2.63. The summed E-state index contributed by atoms with van der Waals surface area (Å²) in [7, 11) is 3.08. The normalized spacial score (nSPS) is 10.2. The molecule has 2 aromatic rings. The van der Waals surface area contributed by atoms with Crippen LogP contribution in [0.25, 0.3) is 0 Å². The predicted octanol–water partition coefficient (Wildman–Crippen LogP) is 3.72. The molecule has 138 valence electrons. The standard InChI is InChI=1S/C19H20ClNO5/c1-4-26-19(23)14-11-13(6-7-15(14)20)21-18(22)10-12-5-8-16(24-2)17(9-12)25-3/h5-9,11H,4,10H2,1-3H3,(H,21,22). The molecule has 0 spiro atoms. The Bertz CT molecular complexity index is 807. The Morgan fingerprint density at radius 3 is 2.42 bits per heavy atom. The van der Waals surface area contributed by atoms with Gasteiger partial charge in [-0.15, -0.1) is 0 Å². The summed E-state index contributed by atoms with van der Waals surface area (Å²) >= 11 is 6.02. The summed E-state index contributed by atoms with van der Waals surface area (Å²) in [5, 5.41) is 3.01. The van der Waals surface area contributed by atoms with E-state index in [0.717, 1.165) is 5.56 Å². The molecule has 26 heavy (non-hydrogen) atoms. The molecule has 7 heteroatoms. The molecule has 0 saturated heterocycles. The Morgan fingerprint density at radius 2 is 1.77 bits per heavy atom. The number of ether oxygens (including phenoxy) is 3. The SMILES string of the molecule is CCOC(=O)c1cc(NC(=O)Cc2ccc(OC)c(OC)c2)ccc1Cl. The van der Waals surface area contributed by atoms with Crippen LogP contribution in [0.1, 0.15) is 22.8 Å². The van der Waals surface area contributed by atoms with Crippen molar-refractivity contribution in [3.05, 3.63) is 52.5 Å². The maximum absolute atomic E-state index is 12.3. The smallest absolute Gasteiger partial charge is 0.339 e. The molecule has 0 bridgehead atoms. The van der Waals surface area contributed by atoms with E-state index in [1.54, 1.807) is 44.4 Å². The fourth-order valence-corrected chi connectivity index (χ4v) is 2.54. The van der Waals surface area contributed by atoms with Crippen molar-refractivity contribution in [1.29, 1.82) is 0 Å². The molecule has 2 rings (SSSR count). The number of halogens is 1. The third kappa shape index (κ3) is 4.89. The van der Waals surface area contributed by atoms with Crippen molar-refractivity contribution < 1.29 is 23.8 Å². The zero-order chi connectivity index (χ0) is 19.1. The van der Waals surface area contributed by atoms with E-state index in [2.05, 4.69) is 5.32 Å². The van der Waals surface area contributed by atoms with Crippen LogP contribution in [0.15, 0.2) is 36.4 Å². The monoisotopic (exact) mass is 377 g/mol. The fourth-order valence-electron chi connectivity index (χ4n) is 2.35. The molecule has 0 radical (unpaired) electrons. The van der Waals surface area contributed by atoms with E-state index in [1.165, 1.54) is 13.2 Å². The van der Waals surface area contributed by atoms with Gasteiger partial charge in [-0.1, -0.05) is 17.7 Å². The number of carbonyl (C=O) groups excluding carboxylic acids is 2. The number of esters is 1. The van der Waals surface area contributed by atoms with Crippen LogP contribution in [0.4, 0.5) is 5.69 Å². The first kappa shape index (κ1) is 19.6. The Hall–Kier alpha value is -2.73. The van der Waals surface area contributed by atoms with Crippen LogP contribution >= 0.6 is 11.6 Å². The van der Waals surface area contributed by atoms with Crippen molar-refractivity contribution in [3.8, 4) is 11.5 Å². The van der Waals surface area contributed by atoms with Gasteiger partial charge >= 0.3 is 5.97 Å². The minimum Gasteiger partial charge on any atom is -0.493 e. The highest BCUT2D eigenvalue weighted by atomic mass is 35.5. The summed E-state index contributed by atoms with van der Waals surface area (Å²) < 4.78 is 15.4. The summed E-state index contributed by atoms with van der Waals surface area (Å²) in [6, 6.07) is 9.92. The second kappa shape index (κ2) is 9.10. The number of amides is 1. The summed E-state index contributed by atoms with van der Waals surface area (Å²) in [5.41, 5.74) is 1.43. The van der Waals surface area contributed by atoms with Gasteiger partial charge in [-0.3, -0.25) is 4.79 Å². The topological polar surface area (TPSA) is 73.9 Å². The molecule has 0 aliphatic rings. The van der Waals surface area contributed by atoms with Crippen molar-refractivity contribution >= 4 is 29.2 Å². The van der Waals surface area contributed by atoms with E-state index < -0.39 is 5.97 Å². The molecule has 0 aliphatic heterocycles. The maximum atomic E-state index is 12.3. The van der Waals surface area contributed by atoms with Gasteiger partial charge in [0.15, 0.2) is 11.5 Å². The molecule has 1 N–H and O–H groups in total. The number of hydrogen-bond donors (Lipinski definition) is 1. The van der Waals surface area contributed by atoms with Gasteiger partial charge in [0.2, 0.25) is 5.91 Å². The molecule has 0 atom stereocenters. The largest absolute Gasteiger partial charge is 0.493 e. The van der Waals surface area contributed by atoms with Crippen molar-refractivity contribution in [2.24, 2.45) is 0 Å². The highest BCUT2D eigenvalue weighted by molar-refractivity contribution is 6.33. The summed E-state index contributed by atoms with van der Waals surface area (Å²) in [6.07, 6.45) is 0.137. The molecule has 0 fully saturated rings. The van der Waals surface area contributed by atoms with Gasteiger partial charge in [-0.05, 0) is 42.8 Å². The number of hydrogen-bond acceptors (Lipinski definition) is 5. The van der Waals surface area contributed by atoms with Crippen molar-refractivity contribution in [2.75, 3.05) is 26.1 Å². The molecule has 0 aromatic heterocycles. The molecular formula is C19H20ClNO5. The summed E-state index contributed by atoms with van der Waals surface area (Å²) in [6.45, 7) is 1.95. The average molecular weight is 378 g/mol. The van der Waals surface area contributed by atoms with Crippen molar-refractivity contribution in [1.82, 2.24) is 0 Å². The zero-order valence-corrected chi connectivity index (χ0v) is 15.6. The lowest BCUT2D eigenvalue weighted by atomic mass is 10.1. The van der Waals surface area contributed by atoms with Gasteiger partial charge in [0, 0.05) is 5.69 Å². The molecule has 0 heterocycles. The lowest BCUT2D eigenvalue weighted by molar-refractivity contribution is -0.115. The van der Waals surface area contributed by atoms with Crippen molar-refractivity contribution in [3.63, 3.8) is 0 Å². The van der Waals surface area contributed by atoms with Gasteiger partial charge in [-0.25, -0.2) is 4.79 Å². The third-order valence-electron chi connectivity index (χ3n) is 3.56. The van der Waals surface area contributed by atoms with E-state index in [9.17, 15) is 9.59 Å². The predicted molar refractivity (Wildman–Crippen MR) is 99.3 cm³/mol. The highest BCUT2D eigenvalue weighted by Gasteiger charge is 2.14. The quantitative estimate of drug-likeness (QED) is 0.744. The minimum atomic E-state index is -0.534. The first-order chi connectivity index (χ1) is 12.5. The second-order valence-corrected chi connectivity index (χ2v) is 5.74. The second-order valence-electron chi connectivity index (χ2n) is 5.33. The number of nitrogens with one attached hydrogen (secondary N) is 1. The Balaban J connectivity index is 2.10. The van der Waals surface area contributed by atoms with E-state index in [0.29, 0.717) is 17.2 Å². The minimum absolute atomic E-state index is 0.137. The molecule has 2 aromatic carbocycles. The first-order valence-corrected chi connectivity index (χ1v) is 8.33.